The van der Waals surface area contributed by atoms with E-state index in [4.69, 9.17) is 10.5 Å². The van der Waals surface area contributed by atoms with Crippen LogP contribution in [-0.4, -0.2) is 41.2 Å². The standard InChI is InChI=1S/C25H28F3N5O/c1-14(17-9-18(25(26,27)28)12-19(29)10-17)30-24-21-13-20-16(11-22(21)31-15(2)32-24)3-4-23(20)33-5-7-34-8-6-33/h9-14,23H,3-8,29H2,1-2H3,(H,30,31,32). The molecule has 34 heavy (non-hydrogen) atoms. The van der Waals surface area contributed by atoms with E-state index < -0.39 is 17.8 Å². The highest BCUT2D eigenvalue weighted by Crippen LogP contribution is 2.40. The van der Waals surface area contributed by atoms with Crippen molar-refractivity contribution in [1.29, 1.82) is 0 Å². The summed E-state index contributed by atoms with van der Waals surface area (Å²) in [6.45, 7) is 6.93. The number of hydrogen-bond donors (Lipinski definition) is 2. The van der Waals surface area contributed by atoms with Crippen molar-refractivity contribution in [2.24, 2.45) is 0 Å². The minimum absolute atomic E-state index is 0.0772. The molecule has 1 saturated heterocycles. The number of ether oxygens (including phenoxy) is 1. The van der Waals surface area contributed by atoms with Gasteiger partial charge in [0.15, 0.2) is 0 Å². The highest BCUT2D eigenvalue weighted by Gasteiger charge is 2.32. The normalized spacial score (nSPS) is 19.9. The summed E-state index contributed by atoms with van der Waals surface area (Å²) in [5.41, 5.74) is 8.97. The maximum Gasteiger partial charge on any atom is 0.416 e. The molecule has 0 saturated carbocycles. The molecule has 0 spiro atoms. The lowest BCUT2D eigenvalue weighted by atomic mass is 10.0. The molecule has 1 aromatic heterocycles. The molecule has 0 amide bonds. The predicted octanol–water partition coefficient (Wildman–Crippen LogP) is 5.03. The molecule has 2 unspecified atom stereocenters. The van der Waals surface area contributed by atoms with Crippen LogP contribution >= 0.6 is 0 Å². The number of nitrogen functional groups attached to an aromatic ring is 1. The summed E-state index contributed by atoms with van der Waals surface area (Å²) in [7, 11) is 0. The molecule has 1 aliphatic heterocycles. The lowest BCUT2D eigenvalue weighted by Crippen LogP contribution is -2.38. The van der Waals surface area contributed by atoms with Gasteiger partial charge in [0.05, 0.1) is 30.3 Å². The van der Waals surface area contributed by atoms with Crippen molar-refractivity contribution in [3.63, 3.8) is 0 Å². The van der Waals surface area contributed by atoms with Crippen LogP contribution in [0.25, 0.3) is 10.9 Å². The first-order chi connectivity index (χ1) is 16.2. The van der Waals surface area contributed by atoms with E-state index in [-0.39, 0.29) is 5.69 Å². The van der Waals surface area contributed by atoms with Gasteiger partial charge in [-0.15, -0.1) is 0 Å². The van der Waals surface area contributed by atoms with Gasteiger partial charge in [-0.3, -0.25) is 4.90 Å². The second-order valence-corrected chi connectivity index (χ2v) is 9.14. The zero-order valence-electron chi connectivity index (χ0n) is 19.2. The van der Waals surface area contributed by atoms with E-state index in [1.54, 1.807) is 6.07 Å². The quantitative estimate of drug-likeness (QED) is 0.520. The van der Waals surface area contributed by atoms with Crippen LogP contribution < -0.4 is 11.1 Å². The number of nitrogens with one attached hydrogen (secondary N) is 1. The van der Waals surface area contributed by atoms with E-state index in [2.05, 4.69) is 32.3 Å². The highest BCUT2D eigenvalue weighted by atomic mass is 19.4. The molecule has 9 heteroatoms. The fraction of sp³-hybridized carbons (Fsp3) is 0.440. The van der Waals surface area contributed by atoms with Crippen LogP contribution in [0.1, 0.15) is 53.5 Å². The highest BCUT2D eigenvalue weighted by molar-refractivity contribution is 5.91. The third kappa shape index (κ3) is 4.42. The summed E-state index contributed by atoms with van der Waals surface area (Å²) in [5, 5.41) is 4.20. The second-order valence-electron chi connectivity index (χ2n) is 9.14. The monoisotopic (exact) mass is 471 g/mol. The second kappa shape index (κ2) is 8.70. The Morgan fingerprint density at radius 2 is 1.88 bits per heavy atom. The number of fused-ring (bicyclic) bond motifs is 2. The van der Waals surface area contributed by atoms with Gasteiger partial charge in [0, 0.05) is 30.2 Å². The molecular formula is C25H28F3N5O. The molecule has 0 radical (unpaired) electrons. The van der Waals surface area contributed by atoms with Gasteiger partial charge in [-0.25, -0.2) is 9.97 Å². The molecule has 2 atom stereocenters. The first kappa shape index (κ1) is 22.9. The maximum atomic E-state index is 13.3. The van der Waals surface area contributed by atoms with E-state index in [1.165, 1.54) is 11.1 Å². The summed E-state index contributed by atoms with van der Waals surface area (Å²) in [4.78, 5) is 11.7. The molecule has 180 valence electrons. The van der Waals surface area contributed by atoms with Crippen LogP contribution in [0.2, 0.25) is 0 Å². The SMILES string of the molecule is Cc1nc(NC(C)c2cc(N)cc(C(F)(F)F)c2)c2cc3c(cc2n1)CCC3N1CCOCC1. The Kier molecular flexibility index (Phi) is 5.85. The number of morpholine rings is 1. The van der Waals surface area contributed by atoms with Gasteiger partial charge < -0.3 is 15.8 Å². The Morgan fingerprint density at radius 1 is 1.12 bits per heavy atom. The Hall–Kier alpha value is -2.91. The number of benzene rings is 2. The Labute approximate surface area is 196 Å². The maximum absolute atomic E-state index is 13.3. The van der Waals surface area contributed by atoms with Crippen LogP contribution in [0, 0.1) is 6.92 Å². The Bertz CT molecular complexity index is 1220. The number of alkyl halides is 3. The minimum Gasteiger partial charge on any atom is -0.399 e. The first-order valence-electron chi connectivity index (χ1n) is 11.6. The Morgan fingerprint density at radius 3 is 2.62 bits per heavy atom. The number of halogens is 3. The van der Waals surface area contributed by atoms with Gasteiger partial charge in [0.25, 0.3) is 0 Å². The molecule has 3 N–H and O–H groups in total. The van der Waals surface area contributed by atoms with Crippen molar-refractivity contribution in [3.05, 3.63) is 58.4 Å². The van der Waals surface area contributed by atoms with Crippen molar-refractivity contribution in [2.45, 2.75) is 44.9 Å². The van der Waals surface area contributed by atoms with E-state index in [9.17, 15) is 13.2 Å². The molecular weight excluding hydrogens is 443 g/mol. The van der Waals surface area contributed by atoms with Crippen LogP contribution in [0.15, 0.2) is 30.3 Å². The molecule has 6 nitrogen and oxygen atoms in total. The number of nitrogens with two attached hydrogens (primary N) is 1. The fourth-order valence-corrected chi connectivity index (χ4v) is 5.08. The zero-order chi connectivity index (χ0) is 24.0. The molecule has 1 aliphatic carbocycles. The van der Waals surface area contributed by atoms with E-state index >= 15 is 0 Å². The third-order valence-electron chi connectivity index (χ3n) is 6.76. The number of aryl methyl sites for hydroxylation is 2. The van der Waals surface area contributed by atoms with Crippen LogP contribution in [0.3, 0.4) is 0 Å². The largest absolute Gasteiger partial charge is 0.416 e. The average Bonchev–Trinajstić information content (AvgIpc) is 3.20. The zero-order valence-corrected chi connectivity index (χ0v) is 19.2. The smallest absolute Gasteiger partial charge is 0.399 e. The van der Waals surface area contributed by atoms with Crippen molar-refractivity contribution >= 4 is 22.4 Å². The van der Waals surface area contributed by atoms with Crippen LogP contribution in [-0.2, 0) is 17.3 Å². The summed E-state index contributed by atoms with van der Waals surface area (Å²) >= 11 is 0. The van der Waals surface area contributed by atoms with Gasteiger partial charge in [-0.2, -0.15) is 13.2 Å². The molecule has 2 aliphatic rings. The first-order valence-corrected chi connectivity index (χ1v) is 11.6. The molecule has 2 heterocycles. The summed E-state index contributed by atoms with van der Waals surface area (Å²) < 4.78 is 45.4. The number of aromatic nitrogens is 2. The molecule has 1 fully saturated rings. The van der Waals surface area contributed by atoms with Crippen LogP contribution in [0.5, 0.6) is 0 Å². The topological polar surface area (TPSA) is 76.3 Å². The predicted molar refractivity (Wildman–Crippen MR) is 126 cm³/mol. The average molecular weight is 472 g/mol. The van der Waals surface area contributed by atoms with Gasteiger partial charge in [0.2, 0.25) is 0 Å². The number of anilines is 2. The van der Waals surface area contributed by atoms with Gasteiger partial charge in [-0.1, -0.05) is 0 Å². The van der Waals surface area contributed by atoms with E-state index in [0.29, 0.717) is 23.2 Å². The molecule has 0 bridgehead atoms. The lowest BCUT2D eigenvalue weighted by Gasteiger charge is -2.32. The van der Waals surface area contributed by atoms with E-state index in [0.717, 1.165) is 62.2 Å². The summed E-state index contributed by atoms with van der Waals surface area (Å²) in [6, 6.07) is 7.84. The van der Waals surface area contributed by atoms with Crippen molar-refractivity contribution in [1.82, 2.24) is 14.9 Å². The van der Waals surface area contributed by atoms with Gasteiger partial charge in [0.1, 0.15) is 11.6 Å². The molecule has 2 aromatic carbocycles. The summed E-state index contributed by atoms with van der Waals surface area (Å²) in [6.07, 6.45) is -2.41. The van der Waals surface area contributed by atoms with E-state index in [1.807, 2.05) is 13.8 Å². The Balaban J connectivity index is 1.51. The fourth-order valence-electron chi connectivity index (χ4n) is 5.08. The van der Waals surface area contributed by atoms with Crippen molar-refractivity contribution in [2.75, 3.05) is 37.4 Å². The van der Waals surface area contributed by atoms with Crippen molar-refractivity contribution in [3.8, 4) is 0 Å². The minimum atomic E-state index is -4.46. The molecule has 5 rings (SSSR count). The van der Waals surface area contributed by atoms with Gasteiger partial charge in [-0.05, 0) is 73.7 Å². The van der Waals surface area contributed by atoms with Crippen molar-refractivity contribution < 1.29 is 17.9 Å². The lowest BCUT2D eigenvalue weighted by molar-refractivity contribution is -0.137. The number of hydrogen-bond acceptors (Lipinski definition) is 6. The van der Waals surface area contributed by atoms with Crippen LogP contribution in [0.4, 0.5) is 24.7 Å². The number of nitrogens with zero attached hydrogens (tertiary/aromatic N) is 3. The summed E-state index contributed by atoms with van der Waals surface area (Å²) in [5.74, 6) is 1.22. The number of rotatable bonds is 4. The third-order valence-corrected chi connectivity index (χ3v) is 6.76. The molecule has 3 aromatic rings. The van der Waals surface area contributed by atoms with Gasteiger partial charge >= 0.3 is 6.18 Å².